The molecule has 0 bridgehead atoms. The second kappa shape index (κ2) is 6.90. The lowest BCUT2D eigenvalue weighted by molar-refractivity contribution is 0.555. The van der Waals surface area contributed by atoms with Crippen LogP contribution in [0, 0.1) is 13.8 Å². The van der Waals surface area contributed by atoms with E-state index < -0.39 is 0 Å². The lowest BCUT2D eigenvalue weighted by Crippen LogP contribution is -2.29. The van der Waals surface area contributed by atoms with Crippen LogP contribution in [0.15, 0.2) is 18.2 Å². The lowest BCUT2D eigenvalue weighted by Gasteiger charge is -2.15. The van der Waals surface area contributed by atoms with Crippen molar-refractivity contribution in [2.24, 2.45) is 0 Å². The predicted octanol–water partition coefficient (Wildman–Crippen LogP) is 4.44. The number of aryl methyl sites for hydroxylation is 2. The molecule has 0 radical (unpaired) electrons. The zero-order valence-corrected chi connectivity index (χ0v) is 14.2. The summed E-state index contributed by atoms with van der Waals surface area (Å²) < 4.78 is 0. The van der Waals surface area contributed by atoms with E-state index in [1.807, 2.05) is 25.2 Å². The van der Waals surface area contributed by atoms with E-state index in [1.165, 1.54) is 15.4 Å². The maximum absolute atomic E-state index is 6.06. The van der Waals surface area contributed by atoms with E-state index in [1.54, 1.807) is 11.3 Å². The van der Waals surface area contributed by atoms with Gasteiger partial charge in [-0.25, -0.2) is 4.98 Å². The first kappa shape index (κ1) is 15.8. The molecule has 0 aliphatic heterocycles. The van der Waals surface area contributed by atoms with Gasteiger partial charge in [0, 0.05) is 17.3 Å². The summed E-state index contributed by atoms with van der Waals surface area (Å²) in [5, 5.41) is 5.74. The molecule has 1 atom stereocenters. The summed E-state index contributed by atoms with van der Waals surface area (Å²) in [7, 11) is 1.98. The molecule has 2 rings (SSSR count). The van der Waals surface area contributed by atoms with Crippen LogP contribution in [-0.2, 0) is 12.8 Å². The van der Waals surface area contributed by atoms with Gasteiger partial charge in [-0.05, 0) is 45.0 Å². The van der Waals surface area contributed by atoms with Gasteiger partial charge in [0.05, 0.1) is 20.7 Å². The minimum atomic E-state index is 0.345. The largest absolute Gasteiger partial charge is 0.316 e. The maximum atomic E-state index is 6.06. The number of aromatic nitrogens is 1. The Bertz CT molecular complexity index is 576. The number of hydrogen-bond acceptors (Lipinski definition) is 3. The SMILES string of the molecule is CNC(Cc1ccc(Cl)c(Cl)c1)Cc1nc(C)c(C)s1. The molecule has 0 aliphatic rings. The van der Waals surface area contributed by atoms with Gasteiger partial charge < -0.3 is 5.32 Å². The average Bonchev–Trinajstić information content (AvgIpc) is 2.72. The standard InChI is InChI=1S/C15H18Cl2N2S/c1-9-10(2)20-15(19-9)8-12(18-3)6-11-4-5-13(16)14(17)7-11/h4-5,7,12,18H,6,8H2,1-3H3. The number of nitrogens with one attached hydrogen (secondary N) is 1. The summed E-state index contributed by atoms with van der Waals surface area (Å²) in [4.78, 5) is 5.90. The third kappa shape index (κ3) is 3.95. The smallest absolute Gasteiger partial charge is 0.0946 e. The Hall–Kier alpha value is -0.610. The molecule has 1 aromatic heterocycles. The Morgan fingerprint density at radius 2 is 1.95 bits per heavy atom. The van der Waals surface area contributed by atoms with Crippen molar-refractivity contribution >= 4 is 34.5 Å². The minimum absolute atomic E-state index is 0.345. The van der Waals surface area contributed by atoms with Crippen LogP contribution in [0.3, 0.4) is 0 Å². The van der Waals surface area contributed by atoms with Crippen molar-refractivity contribution in [2.75, 3.05) is 7.05 Å². The zero-order chi connectivity index (χ0) is 14.7. The number of benzene rings is 1. The fraction of sp³-hybridized carbons (Fsp3) is 0.400. The maximum Gasteiger partial charge on any atom is 0.0946 e. The van der Waals surface area contributed by atoms with Crippen LogP contribution in [0.1, 0.15) is 21.1 Å². The van der Waals surface area contributed by atoms with Crippen LogP contribution in [0.25, 0.3) is 0 Å². The van der Waals surface area contributed by atoms with E-state index in [9.17, 15) is 0 Å². The van der Waals surface area contributed by atoms with Crippen LogP contribution in [0.4, 0.5) is 0 Å². The van der Waals surface area contributed by atoms with Gasteiger partial charge in [-0.15, -0.1) is 11.3 Å². The summed E-state index contributed by atoms with van der Waals surface area (Å²) in [5.41, 5.74) is 2.32. The predicted molar refractivity (Wildman–Crippen MR) is 88.3 cm³/mol. The molecule has 2 nitrogen and oxygen atoms in total. The van der Waals surface area contributed by atoms with E-state index in [2.05, 4.69) is 24.1 Å². The molecule has 108 valence electrons. The Balaban J connectivity index is 2.06. The van der Waals surface area contributed by atoms with Crippen LogP contribution >= 0.6 is 34.5 Å². The number of nitrogens with zero attached hydrogens (tertiary/aromatic N) is 1. The van der Waals surface area contributed by atoms with Crippen molar-refractivity contribution in [1.82, 2.24) is 10.3 Å². The molecule has 0 saturated carbocycles. The van der Waals surface area contributed by atoms with E-state index in [0.717, 1.165) is 18.5 Å². The average molecular weight is 329 g/mol. The molecule has 0 spiro atoms. The number of likely N-dealkylation sites (N-methyl/N-ethyl adjacent to an activating group) is 1. The van der Waals surface area contributed by atoms with Crippen LogP contribution in [0.5, 0.6) is 0 Å². The highest BCUT2D eigenvalue weighted by molar-refractivity contribution is 7.11. The Morgan fingerprint density at radius 3 is 2.50 bits per heavy atom. The quantitative estimate of drug-likeness (QED) is 0.877. The number of rotatable bonds is 5. The molecule has 1 aromatic carbocycles. The van der Waals surface area contributed by atoms with Gasteiger partial charge in [0.25, 0.3) is 0 Å². The van der Waals surface area contributed by atoms with Gasteiger partial charge in [0.15, 0.2) is 0 Å². The number of hydrogen-bond donors (Lipinski definition) is 1. The van der Waals surface area contributed by atoms with Crippen molar-refractivity contribution in [3.05, 3.63) is 49.4 Å². The molecule has 5 heteroatoms. The highest BCUT2D eigenvalue weighted by Gasteiger charge is 2.13. The Labute approximate surface area is 134 Å². The molecule has 1 N–H and O–H groups in total. The van der Waals surface area contributed by atoms with Crippen molar-refractivity contribution in [1.29, 1.82) is 0 Å². The molecule has 2 aromatic rings. The normalized spacial score (nSPS) is 12.7. The van der Waals surface area contributed by atoms with Crippen molar-refractivity contribution in [2.45, 2.75) is 32.7 Å². The summed E-state index contributed by atoms with van der Waals surface area (Å²) in [6.45, 7) is 4.17. The van der Waals surface area contributed by atoms with Crippen molar-refractivity contribution in [3.8, 4) is 0 Å². The lowest BCUT2D eigenvalue weighted by atomic mass is 10.0. The van der Waals surface area contributed by atoms with E-state index >= 15 is 0 Å². The van der Waals surface area contributed by atoms with Gasteiger partial charge in [0.1, 0.15) is 0 Å². The highest BCUT2D eigenvalue weighted by Crippen LogP contribution is 2.24. The topological polar surface area (TPSA) is 24.9 Å². The fourth-order valence-electron chi connectivity index (χ4n) is 2.06. The van der Waals surface area contributed by atoms with Crippen molar-refractivity contribution in [3.63, 3.8) is 0 Å². The molecular weight excluding hydrogens is 311 g/mol. The second-order valence-electron chi connectivity index (χ2n) is 4.89. The van der Waals surface area contributed by atoms with E-state index in [4.69, 9.17) is 23.2 Å². The van der Waals surface area contributed by atoms with Crippen LogP contribution in [-0.4, -0.2) is 18.1 Å². The Morgan fingerprint density at radius 1 is 1.20 bits per heavy atom. The molecular formula is C15H18Cl2N2S. The zero-order valence-electron chi connectivity index (χ0n) is 11.8. The third-order valence-corrected chi connectivity index (χ3v) is 5.20. The van der Waals surface area contributed by atoms with Gasteiger partial charge in [0.2, 0.25) is 0 Å². The first-order valence-corrected chi connectivity index (χ1v) is 8.11. The van der Waals surface area contributed by atoms with E-state index in [0.29, 0.717) is 16.1 Å². The number of thiazole rings is 1. The molecule has 0 fully saturated rings. The molecule has 0 amide bonds. The van der Waals surface area contributed by atoms with E-state index in [-0.39, 0.29) is 0 Å². The summed E-state index contributed by atoms with van der Waals surface area (Å²) in [5.74, 6) is 0. The monoisotopic (exact) mass is 328 g/mol. The molecule has 1 unspecified atom stereocenters. The van der Waals surface area contributed by atoms with Crippen molar-refractivity contribution < 1.29 is 0 Å². The van der Waals surface area contributed by atoms with Gasteiger partial charge in [-0.1, -0.05) is 29.3 Å². The van der Waals surface area contributed by atoms with Crippen LogP contribution < -0.4 is 5.32 Å². The summed E-state index contributed by atoms with van der Waals surface area (Å²) >= 11 is 13.8. The molecule has 1 heterocycles. The molecule has 20 heavy (non-hydrogen) atoms. The summed E-state index contributed by atoms with van der Waals surface area (Å²) in [6.07, 6.45) is 1.83. The van der Waals surface area contributed by atoms with Gasteiger partial charge in [-0.3, -0.25) is 0 Å². The third-order valence-electron chi connectivity index (χ3n) is 3.37. The fourth-order valence-corrected chi connectivity index (χ4v) is 3.40. The highest BCUT2D eigenvalue weighted by atomic mass is 35.5. The first-order valence-electron chi connectivity index (χ1n) is 6.53. The molecule has 0 saturated heterocycles. The second-order valence-corrected chi connectivity index (χ2v) is 6.99. The first-order chi connectivity index (χ1) is 9.49. The van der Waals surface area contributed by atoms with Gasteiger partial charge >= 0.3 is 0 Å². The number of halogens is 2. The minimum Gasteiger partial charge on any atom is -0.316 e. The molecule has 0 aliphatic carbocycles. The Kier molecular flexibility index (Phi) is 5.44. The van der Waals surface area contributed by atoms with Crippen LogP contribution in [0.2, 0.25) is 10.0 Å². The van der Waals surface area contributed by atoms with Gasteiger partial charge in [-0.2, -0.15) is 0 Å². The summed E-state index contributed by atoms with van der Waals surface area (Å²) in [6, 6.07) is 6.16.